The van der Waals surface area contributed by atoms with Crippen LogP contribution in [-0.2, 0) is 10.1 Å². The van der Waals surface area contributed by atoms with E-state index in [2.05, 4.69) is 4.74 Å². The van der Waals surface area contributed by atoms with Crippen LogP contribution < -0.4 is 4.74 Å². The molecule has 2 aromatic carbocycles. The molecule has 0 aliphatic carbocycles. The average molecular weight is 366 g/mol. The topological polar surface area (TPSA) is 101 Å². The SMILES string of the molecule is O=C(Oc1c(F)c(F)c(S(=O)(=O)O)c(F)c1F)c1ccccc1O. The fourth-order valence-electron chi connectivity index (χ4n) is 1.70. The Kier molecular flexibility index (Phi) is 4.49. The van der Waals surface area contributed by atoms with Gasteiger partial charge in [-0.2, -0.15) is 17.2 Å². The van der Waals surface area contributed by atoms with Gasteiger partial charge in [0.05, 0.1) is 0 Å². The number of esters is 1. The van der Waals surface area contributed by atoms with Gasteiger partial charge in [0, 0.05) is 0 Å². The molecule has 0 saturated heterocycles. The molecule has 0 heterocycles. The summed E-state index contributed by atoms with van der Waals surface area (Å²) < 4.78 is 88.9. The molecule has 0 aliphatic heterocycles. The smallest absolute Gasteiger partial charge is 0.347 e. The Morgan fingerprint density at radius 3 is 1.92 bits per heavy atom. The number of benzene rings is 2. The van der Waals surface area contributed by atoms with Crippen molar-refractivity contribution in [3.8, 4) is 11.5 Å². The molecule has 0 fully saturated rings. The van der Waals surface area contributed by atoms with Crippen LogP contribution in [-0.4, -0.2) is 24.0 Å². The summed E-state index contributed by atoms with van der Waals surface area (Å²) in [5, 5.41) is 9.41. The van der Waals surface area contributed by atoms with E-state index in [1.165, 1.54) is 12.1 Å². The van der Waals surface area contributed by atoms with Crippen molar-refractivity contribution in [1.29, 1.82) is 0 Å². The number of phenolic OH excluding ortho intramolecular Hbond substituents is 1. The van der Waals surface area contributed by atoms with Gasteiger partial charge in [-0.15, -0.1) is 0 Å². The molecule has 0 saturated carbocycles. The fourth-order valence-corrected chi connectivity index (χ4v) is 2.33. The van der Waals surface area contributed by atoms with Crippen LogP contribution in [0, 0.1) is 23.3 Å². The first-order valence-corrected chi connectivity index (χ1v) is 7.33. The van der Waals surface area contributed by atoms with E-state index >= 15 is 0 Å². The van der Waals surface area contributed by atoms with Crippen LogP contribution in [0.1, 0.15) is 10.4 Å². The van der Waals surface area contributed by atoms with E-state index in [0.29, 0.717) is 0 Å². The number of para-hydroxylation sites is 1. The normalized spacial score (nSPS) is 11.4. The van der Waals surface area contributed by atoms with Crippen LogP contribution in [0.15, 0.2) is 29.2 Å². The highest BCUT2D eigenvalue weighted by Gasteiger charge is 2.34. The lowest BCUT2D eigenvalue weighted by atomic mass is 10.2. The molecule has 128 valence electrons. The van der Waals surface area contributed by atoms with Crippen LogP contribution in [0.2, 0.25) is 0 Å². The molecule has 2 aromatic rings. The number of phenols is 1. The maximum atomic E-state index is 13.7. The molecule has 2 rings (SSSR count). The largest absolute Gasteiger partial charge is 0.507 e. The summed E-state index contributed by atoms with van der Waals surface area (Å²) in [7, 11) is -5.62. The molecule has 0 radical (unpaired) electrons. The lowest BCUT2D eigenvalue weighted by Gasteiger charge is -2.11. The van der Waals surface area contributed by atoms with E-state index in [-0.39, 0.29) is 0 Å². The minimum atomic E-state index is -5.62. The number of aromatic hydroxyl groups is 1. The van der Waals surface area contributed by atoms with E-state index in [1.54, 1.807) is 0 Å². The lowest BCUT2D eigenvalue weighted by Crippen LogP contribution is -2.16. The number of ether oxygens (including phenoxy) is 1. The van der Waals surface area contributed by atoms with Gasteiger partial charge in [-0.3, -0.25) is 4.55 Å². The molecular weight excluding hydrogens is 360 g/mol. The van der Waals surface area contributed by atoms with Gasteiger partial charge in [-0.25, -0.2) is 13.6 Å². The van der Waals surface area contributed by atoms with Gasteiger partial charge in [-0.1, -0.05) is 12.1 Å². The maximum absolute atomic E-state index is 13.7. The van der Waals surface area contributed by atoms with Gasteiger partial charge < -0.3 is 9.84 Å². The maximum Gasteiger partial charge on any atom is 0.347 e. The second kappa shape index (κ2) is 6.09. The van der Waals surface area contributed by atoms with Gasteiger partial charge in [0.2, 0.25) is 17.4 Å². The summed E-state index contributed by atoms with van der Waals surface area (Å²) >= 11 is 0. The highest BCUT2D eigenvalue weighted by Crippen LogP contribution is 2.33. The van der Waals surface area contributed by atoms with Crippen molar-refractivity contribution in [2.24, 2.45) is 0 Å². The lowest BCUT2D eigenvalue weighted by molar-refractivity contribution is 0.0713. The van der Waals surface area contributed by atoms with Crippen molar-refractivity contribution in [3.63, 3.8) is 0 Å². The fraction of sp³-hybridized carbons (Fsp3) is 0. The summed E-state index contributed by atoms with van der Waals surface area (Å²) in [4.78, 5) is 9.45. The summed E-state index contributed by atoms with van der Waals surface area (Å²) in [5.74, 6) is -13.7. The van der Waals surface area contributed by atoms with Gasteiger partial charge in [0.1, 0.15) is 11.3 Å². The molecule has 0 aliphatic rings. The van der Waals surface area contributed by atoms with E-state index in [0.717, 1.165) is 12.1 Å². The first kappa shape index (κ1) is 17.7. The predicted molar refractivity (Wildman–Crippen MR) is 69.2 cm³/mol. The van der Waals surface area contributed by atoms with E-state index in [1.807, 2.05) is 0 Å². The van der Waals surface area contributed by atoms with Gasteiger partial charge in [0.15, 0.2) is 16.5 Å². The quantitative estimate of drug-likeness (QED) is 0.284. The Hall–Kier alpha value is -2.66. The van der Waals surface area contributed by atoms with Crippen LogP contribution in [0.5, 0.6) is 11.5 Å². The zero-order valence-corrected chi connectivity index (χ0v) is 12.1. The molecule has 24 heavy (non-hydrogen) atoms. The number of hydrogen-bond acceptors (Lipinski definition) is 5. The molecule has 0 aromatic heterocycles. The molecule has 11 heteroatoms. The van der Waals surface area contributed by atoms with Crippen molar-refractivity contribution >= 4 is 16.1 Å². The number of rotatable bonds is 3. The third-order valence-corrected chi connectivity index (χ3v) is 3.63. The Balaban J connectivity index is 2.58. The third kappa shape index (κ3) is 3.03. The number of carbonyl (C=O) groups is 1. The van der Waals surface area contributed by atoms with Crippen molar-refractivity contribution in [2.45, 2.75) is 4.90 Å². The number of hydrogen-bond donors (Lipinski definition) is 2. The minimum Gasteiger partial charge on any atom is -0.507 e. The molecule has 6 nitrogen and oxygen atoms in total. The monoisotopic (exact) mass is 366 g/mol. The first-order chi connectivity index (χ1) is 11.1. The number of carbonyl (C=O) groups excluding carboxylic acids is 1. The highest BCUT2D eigenvalue weighted by atomic mass is 32.2. The van der Waals surface area contributed by atoms with Crippen molar-refractivity contribution in [2.75, 3.05) is 0 Å². The van der Waals surface area contributed by atoms with E-state index in [9.17, 15) is 35.9 Å². The summed E-state index contributed by atoms with van der Waals surface area (Å²) in [6.07, 6.45) is 0. The first-order valence-electron chi connectivity index (χ1n) is 5.89. The Bertz CT molecular complexity index is 913. The number of halogens is 4. The summed E-state index contributed by atoms with van der Waals surface area (Å²) in [6, 6.07) is 4.60. The summed E-state index contributed by atoms with van der Waals surface area (Å²) in [5.41, 5.74) is -0.573. The average Bonchev–Trinajstić information content (AvgIpc) is 2.48. The van der Waals surface area contributed by atoms with Gasteiger partial charge in [0.25, 0.3) is 0 Å². The van der Waals surface area contributed by atoms with Gasteiger partial charge in [-0.05, 0) is 12.1 Å². The van der Waals surface area contributed by atoms with Crippen molar-refractivity contribution in [3.05, 3.63) is 53.1 Å². The van der Waals surface area contributed by atoms with Crippen LogP contribution in [0.4, 0.5) is 17.6 Å². The molecule has 0 bridgehead atoms. The third-order valence-electron chi connectivity index (χ3n) is 2.76. The Morgan fingerprint density at radius 2 is 1.46 bits per heavy atom. The van der Waals surface area contributed by atoms with E-state index in [4.69, 9.17) is 4.55 Å². The minimum absolute atomic E-state index is 0.573. The molecule has 0 unspecified atom stereocenters. The zero-order valence-electron chi connectivity index (χ0n) is 11.3. The molecule has 0 atom stereocenters. The van der Waals surface area contributed by atoms with Crippen molar-refractivity contribution < 1.29 is 45.2 Å². The zero-order chi connectivity index (χ0) is 18.2. The van der Waals surface area contributed by atoms with Crippen LogP contribution >= 0.6 is 0 Å². The molecule has 0 amide bonds. The van der Waals surface area contributed by atoms with Crippen LogP contribution in [0.3, 0.4) is 0 Å². The highest BCUT2D eigenvalue weighted by molar-refractivity contribution is 7.85. The Labute approximate surface area is 131 Å². The molecule has 0 spiro atoms. The van der Waals surface area contributed by atoms with E-state index < -0.39 is 61.3 Å². The molecule has 2 N–H and O–H groups in total. The van der Waals surface area contributed by atoms with Gasteiger partial charge >= 0.3 is 16.1 Å². The second-order valence-corrected chi connectivity index (χ2v) is 5.65. The van der Waals surface area contributed by atoms with Crippen molar-refractivity contribution in [1.82, 2.24) is 0 Å². The second-order valence-electron chi connectivity index (χ2n) is 4.30. The standard InChI is InChI=1S/C13H6F4O6S/c14-7-9(16)12(24(20,21)22)10(17)8(15)11(7)23-13(19)5-3-1-2-4-6(5)18/h1-4,18H,(H,20,21,22). The molecular formula is C13H6F4O6S. The van der Waals surface area contributed by atoms with Crippen LogP contribution in [0.25, 0.3) is 0 Å². The predicted octanol–water partition coefficient (Wildman–Crippen LogP) is 2.41. The Morgan fingerprint density at radius 1 is 0.958 bits per heavy atom. The summed E-state index contributed by atoms with van der Waals surface area (Å²) in [6.45, 7) is 0.